The number of aromatic nitrogens is 5. The minimum absolute atomic E-state index is 0. The summed E-state index contributed by atoms with van der Waals surface area (Å²) in [6.45, 7) is 6.61. The van der Waals surface area contributed by atoms with E-state index in [4.69, 9.17) is 4.74 Å². The molecule has 152 valence electrons. The number of aromatic amines is 1. The van der Waals surface area contributed by atoms with Crippen LogP contribution in [0.4, 0.5) is 13.2 Å². The van der Waals surface area contributed by atoms with Crippen LogP contribution in [0.25, 0.3) is 11.5 Å². The van der Waals surface area contributed by atoms with E-state index in [1.165, 1.54) is 12.4 Å². The zero-order valence-corrected chi connectivity index (χ0v) is 16.1. The molecule has 0 aromatic carbocycles. The minimum Gasteiger partial charge on any atom is -0.491 e. The molecule has 3 rings (SSSR count). The summed E-state index contributed by atoms with van der Waals surface area (Å²) in [4.78, 5) is 19.9. The Morgan fingerprint density at radius 2 is 1.89 bits per heavy atom. The third-order valence-electron chi connectivity index (χ3n) is 3.53. The van der Waals surface area contributed by atoms with Crippen molar-refractivity contribution in [1.29, 1.82) is 0 Å². The molecule has 0 radical (unpaired) electrons. The van der Waals surface area contributed by atoms with Crippen molar-refractivity contribution >= 4 is 12.4 Å². The van der Waals surface area contributed by atoms with Crippen LogP contribution in [-0.4, -0.2) is 30.9 Å². The Bertz CT molecular complexity index is 984. The Balaban J connectivity index is 0.00000280. The molecule has 0 aliphatic carbocycles. The fourth-order valence-corrected chi connectivity index (χ4v) is 2.21. The van der Waals surface area contributed by atoms with E-state index >= 15 is 0 Å². The van der Waals surface area contributed by atoms with E-state index in [9.17, 15) is 18.0 Å². The molecule has 0 unspecified atom stereocenters. The second-order valence-electron chi connectivity index (χ2n) is 7.16. The normalized spacial score (nSPS) is 11.9. The molecule has 1 N–H and O–H groups in total. The van der Waals surface area contributed by atoms with E-state index in [0.717, 1.165) is 21.8 Å². The van der Waals surface area contributed by atoms with E-state index < -0.39 is 17.4 Å². The Kier molecular flexibility index (Phi) is 5.93. The number of H-pyrrole nitrogens is 1. The molecule has 0 saturated carbocycles. The molecule has 0 fully saturated rings. The number of rotatable bonds is 4. The van der Waals surface area contributed by atoms with Crippen LogP contribution in [0.15, 0.2) is 41.8 Å². The van der Waals surface area contributed by atoms with Crippen molar-refractivity contribution in [3.63, 3.8) is 0 Å². The lowest BCUT2D eigenvalue weighted by atomic mass is 9.99. The average molecular weight is 418 g/mol. The maximum Gasteiger partial charge on any atom is 0.434 e. The summed E-state index contributed by atoms with van der Waals surface area (Å²) < 4.78 is 45.8. The van der Waals surface area contributed by atoms with Gasteiger partial charge in [-0.1, -0.05) is 20.8 Å². The summed E-state index contributed by atoms with van der Waals surface area (Å²) in [5.41, 5.74) is -1.65. The van der Waals surface area contributed by atoms with Gasteiger partial charge in [-0.3, -0.25) is 14.5 Å². The lowest BCUT2D eigenvalue weighted by Gasteiger charge is -2.18. The van der Waals surface area contributed by atoms with Crippen LogP contribution in [0.2, 0.25) is 0 Å². The van der Waals surface area contributed by atoms with Gasteiger partial charge in [0.2, 0.25) is 0 Å². The van der Waals surface area contributed by atoms with E-state index in [1.54, 1.807) is 12.1 Å². The van der Waals surface area contributed by atoms with Crippen molar-refractivity contribution in [1.82, 2.24) is 24.3 Å². The first kappa shape index (κ1) is 21.5. The van der Waals surface area contributed by atoms with Crippen LogP contribution in [0.3, 0.4) is 0 Å². The summed E-state index contributed by atoms with van der Waals surface area (Å²) in [5.74, 6) is 0.837. The Morgan fingerprint density at radius 3 is 2.43 bits per heavy atom. The van der Waals surface area contributed by atoms with Gasteiger partial charge in [-0.25, -0.2) is 9.97 Å². The first-order valence-electron chi connectivity index (χ1n) is 8.06. The molecule has 0 bridgehead atoms. The third kappa shape index (κ3) is 4.75. The standard InChI is InChI=1S/C17H18F3N5O2.ClH/c1-16(2,3)9-27-11-4-5-14(21-6-11)25-15(26)12(7-23-25)24-8-13(22-10-24)17(18,19)20;/h4-8,10,23H,9H2,1-3H3;1H. The van der Waals surface area contributed by atoms with Crippen LogP contribution in [-0.2, 0) is 6.18 Å². The van der Waals surface area contributed by atoms with Gasteiger partial charge in [0.1, 0.15) is 17.8 Å². The Morgan fingerprint density at radius 1 is 1.18 bits per heavy atom. The summed E-state index contributed by atoms with van der Waals surface area (Å²) in [6.07, 6.45) is -0.117. The van der Waals surface area contributed by atoms with Crippen LogP contribution < -0.4 is 10.3 Å². The average Bonchev–Trinajstić information content (AvgIpc) is 3.19. The predicted octanol–water partition coefficient (Wildman–Crippen LogP) is 3.61. The third-order valence-corrected chi connectivity index (χ3v) is 3.53. The van der Waals surface area contributed by atoms with Gasteiger partial charge in [-0.15, -0.1) is 12.4 Å². The highest BCUT2D eigenvalue weighted by atomic mass is 35.5. The smallest absolute Gasteiger partial charge is 0.434 e. The van der Waals surface area contributed by atoms with E-state index in [-0.39, 0.29) is 29.3 Å². The second-order valence-corrected chi connectivity index (χ2v) is 7.16. The number of alkyl halides is 3. The number of hydrogen-bond acceptors (Lipinski definition) is 4. The lowest BCUT2D eigenvalue weighted by molar-refractivity contribution is -0.140. The van der Waals surface area contributed by atoms with Gasteiger partial charge in [0.25, 0.3) is 5.56 Å². The Labute approximate surface area is 164 Å². The molecular weight excluding hydrogens is 399 g/mol. The molecule has 0 spiro atoms. The minimum atomic E-state index is -4.58. The fraction of sp³-hybridized carbons (Fsp3) is 0.353. The predicted molar refractivity (Wildman–Crippen MR) is 98.5 cm³/mol. The monoisotopic (exact) mass is 417 g/mol. The summed E-state index contributed by atoms with van der Waals surface area (Å²) >= 11 is 0. The maximum atomic E-state index is 12.7. The quantitative estimate of drug-likeness (QED) is 0.703. The lowest BCUT2D eigenvalue weighted by Crippen LogP contribution is -2.19. The van der Waals surface area contributed by atoms with Crippen molar-refractivity contribution in [3.8, 4) is 17.3 Å². The zero-order valence-electron chi connectivity index (χ0n) is 15.3. The molecule has 0 amide bonds. The molecule has 3 heterocycles. The first-order chi connectivity index (χ1) is 12.5. The van der Waals surface area contributed by atoms with E-state index in [2.05, 4.69) is 15.1 Å². The topological polar surface area (TPSA) is 77.7 Å². The highest BCUT2D eigenvalue weighted by Gasteiger charge is 2.33. The molecule has 7 nitrogen and oxygen atoms in total. The highest BCUT2D eigenvalue weighted by molar-refractivity contribution is 5.85. The fourth-order valence-electron chi connectivity index (χ4n) is 2.21. The van der Waals surface area contributed by atoms with Crippen molar-refractivity contribution in [2.24, 2.45) is 5.41 Å². The van der Waals surface area contributed by atoms with Gasteiger partial charge in [-0.05, 0) is 17.5 Å². The van der Waals surface area contributed by atoms with Gasteiger partial charge < -0.3 is 4.74 Å². The molecule has 11 heteroatoms. The van der Waals surface area contributed by atoms with Crippen LogP contribution in [0, 0.1) is 5.41 Å². The molecule has 0 aliphatic rings. The summed E-state index contributed by atoms with van der Waals surface area (Å²) in [6, 6.07) is 3.24. The van der Waals surface area contributed by atoms with Crippen LogP contribution in [0.5, 0.6) is 5.75 Å². The molecule has 0 saturated heterocycles. The number of ether oxygens (including phenoxy) is 1. The first-order valence-corrected chi connectivity index (χ1v) is 8.06. The van der Waals surface area contributed by atoms with E-state index in [0.29, 0.717) is 12.4 Å². The largest absolute Gasteiger partial charge is 0.491 e. The number of halogens is 4. The summed E-state index contributed by atoms with van der Waals surface area (Å²) in [5, 5.41) is 2.68. The van der Waals surface area contributed by atoms with Crippen molar-refractivity contribution in [2.45, 2.75) is 26.9 Å². The van der Waals surface area contributed by atoms with Gasteiger partial charge in [-0.2, -0.15) is 17.9 Å². The molecular formula is C17H19ClF3N5O2. The summed E-state index contributed by atoms with van der Waals surface area (Å²) in [7, 11) is 0. The molecule has 28 heavy (non-hydrogen) atoms. The van der Waals surface area contributed by atoms with Gasteiger partial charge in [0, 0.05) is 12.4 Å². The van der Waals surface area contributed by atoms with Crippen molar-refractivity contribution in [3.05, 3.63) is 53.1 Å². The number of hydrogen-bond donors (Lipinski definition) is 1. The number of imidazole rings is 1. The SMILES string of the molecule is CC(C)(C)COc1ccc(-n2[nH]cc(-n3cnc(C(F)(F)F)c3)c2=O)nc1.Cl. The van der Waals surface area contributed by atoms with Gasteiger partial charge >= 0.3 is 6.18 Å². The van der Waals surface area contributed by atoms with Crippen molar-refractivity contribution < 1.29 is 17.9 Å². The zero-order chi connectivity index (χ0) is 19.8. The number of nitrogens with zero attached hydrogens (tertiary/aromatic N) is 4. The van der Waals surface area contributed by atoms with E-state index in [1.807, 2.05) is 20.8 Å². The molecule has 0 atom stereocenters. The number of pyridine rings is 1. The highest BCUT2D eigenvalue weighted by Crippen LogP contribution is 2.27. The van der Waals surface area contributed by atoms with Crippen molar-refractivity contribution in [2.75, 3.05) is 6.61 Å². The Hall–Kier alpha value is -2.75. The van der Waals surface area contributed by atoms with Crippen LogP contribution >= 0.6 is 12.4 Å². The van der Waals surface area contributed by atoms with Gasteiger partial charge in [0.15, 0.2) is 11.5 Å². The second kappa shape index (κ2) is 7.70. The maximum absolute atomic E-state index is 12.7. The van der Waals surface area contributed by atoms with Crippen LogP contribution in [0.1, 0.15) is 26.5 Å². The molecule has 3 aromatic heterocycles. The molecule has 3 aromatic rings. The van der Waals surface area contributed by atoms with Gasteiger partial charge in [0.05, 0.1) is 12.8 Å². The number of nitrogens with one attached hydrogen (secondary N) is 1. The molecule has 0 aliphatic heterocycles.